The molecule has 1 aromatic rings. The summed E-state index contributed by atoms with van der Waals surface area (Å²) in [4.78, 5) is 3.88. The maximum Gasteiger partial charge on any atom is 0.142 e. The van der Waals surface area contributed by atoms with Crippen LogP contribution in [-0.4, -0.2) is 25.2 Å². The minimum atomic E-state index is 0.432. The Morgan fingerprint density at radius 2 is 2.50 bits per heavy atom. The lowest BCUT2D eigenvalue weighted by Crippen LogP contribution is -2.04. The number of aromatic nitrogens is 1. The summed E-state index contributed by atoms with van der Waals surface area (Å²) in [6.45, 7) is 1.58. The number of ether oxygens (including phenoxy) is 1. The van der Waals surface area contributed by atoms with Gasteiger partial charge in [0.15, 0.2) is 0 Å². The van der Waals surface area contributed by atoms with Gasteiger partial charge in [-0.2, -0.15) is 5.26 Å². The van der Waals surface area contributed by atoms with Gasteiger partial charge < -0.3 is 10.1 Å². The van der Waals surface area contributed by atoms with E-state index in [9.17, 15) is 0 Å². The maximum atomic E-state index is 8.61. The fraction of sp³-hybridized carbons (Fsp3) is 0.400. The van der Waals surface area contributed by atoms with Crippen LogP contribution in [0.5, 0.6) is 0 Å². The number of nitrogens with zero attached hydrogens (tertiary/aromatic N) is 2. The summed E-state index contributed by atoms with van der Waals surface area (Å²) in [5, 5.41) is 11.8. The Morgan fingerprint density at radius 1 is 1.64 bits per heavy atom. The molecule has 0 unspecified atom stereocenters. The molecule has 0 aliphatic carbocycles. The normalized spacial score (nSPS) is 9.43. The van der Waals surface area contributed by atoms with Crippen LogP contribution in [0.1, 0.15) is 12.1 Å². The van der Waals surface area contributed by atoms with Crippen molar-refractivity contribution in [3.8, 4) is 6.07 Å². The molecule has 0 saturated heterocycles. The number of hydrogen-bond acceptors (Lipinski definition) is 4. The van der Waals surface area contributed by atoms with E-state index in [1.165, 1.54) is 0 Å². The number of nitriles is 1. The fourth-order valence-electron chi connectivity index (χ4n) is 1.05. The Morgan fingerprint density at radius 3 is 3.21 bits per heavy atom. The zero-order valence-corrected chi connectivity index (χ0v) is 8.16. The van der Waals surface area contributed by atoms with E-state index in [1.807, 2.05) is 12.1 Å². The van der Waals surface area contributed by atoms with Gasteiger partial charge in [-0.05, 0) is 18.6 Å². The molecule has 4 heteroatoms. The smallest absolute Gasteiger partial charge is 0.142 e. The largest absolute Gasteiger partial charge is 0.385 e. The van der Waals surface area contributed by atoms with Gasteiger partial charge in [0, 0.05) is 32.1 Å². The average molecular weight is 191 g/mol. The first kappa shape index (κ1) is 10.5. The molecule has 1 heterocycles. The monoisotopic (exact) mass is 191 g/mol. The first-order valence-electron chi connectivity index (χ1n) is 4.46. The van der Waals surface area contributed by atoms with E-state index in [0.717, 1.165) is 25.3 Å². The highest BCUT2D eigenvalue weighted by atomic mass is 16.5. The molecule has 0 atom stereocenters. The van der Waals surface area contributed by atoms with Crippen molar-refractivity contribution in [2.75, 3.05) is 25.6 Å². The molecule has 0 fully saturated rings. The van der Waals surface area contributed by atoms with Crippen LogP contribution in [0.2, 0.25) is 0 Å². The van der Waals surface area contributed by atoms with Gasteiger partial charge in [-0.3, -0.25) is 0 Å². The van der Waals surface area contributed by atoms with Gasteiger partial charge in [-0.1, -0.05) is 0 Å². The summed E-state index contributed by atoms with van der Waals surface area (Å²) in [5.74, 6) is 0. The van der Waals surface area contributed by atoms with Gasteiger partial charge in [0.1, 0.15) is 11.8 Å². The SMILES string of the molecule is COCCCNc1ccnc(C#N)c1. The molecule has 0 amide bonds. The molecule has 0 spiro atoms. The van der Waals surface area contributed by atoms with Gasteiger partial charge in [0.25, 0.3) is 0 Å². The Bertz CT molecular complexity index is 319. The molecule has 74 valence electrons. The van der Waals surface area contributed by atoms with Crippen molar-refractivity contribution < 1.29 is 4.74 Å². The highest BCUT2D eigenvalue weighted by Gasteiger charge is 1.94. The van der Waals surface area contributed by atoms with Crippen LogP contribution >= 0.6 is 0 Å². The summed E-state index contributed by atoms with van der Waals surface area (Å²) in [7, 11) is 1.68. The third-order valence-corrected chi connectivity index (χ3v) is 1.73. The van der Waals surface area contributed by atoms with Crippen molar-refractivity contribution in [3.63, 3.8) is 0 Å². The maximum absolute atomic E-state index is 8.61. The molecule has 4 nitrogen and oxygen atoms in total. The summed E-state index contributed by atoms with van der Waals surface area (Å²) < 4.78 is 4.92. The lowest BCUT2D eigenvalue weighted by molar-refractivity contribution is 0.198. The van der Waals surface area contributed by atoms with E-state index < -0.39 is 0 Å². The topological polar surface area (TPSA) is 57.9 Å². The fourth-order valence-corrected chi connectivity index (χ4v) is 1.05. The zero-order valence-electron chi connectivity index (χ0n) is 8.16. The van der Waals surface area contributed by atoms with E-state index in [2.05, 4.69) is 10.3 Å². The summed E-state index contributed by atoms with van der Waals surface area (Å²) in [6.07, 6.45) is 2.57. The van der Waals surface area contributed by atoms with Crippen molar-refractivity contribution in [2.45, 2.75) is 6.42 Å². The number of nitrogens with one attached hydrogen (secondary N) is 1. The van der Waals surface area contributed by atoms with E-state index in [4.69, 9.17) is 10.00 Å². The first-order chi connectivity index (χ1) is 6.86. The lowest BCUT2D eigenvalue weighted by atomic mass is 10.3. The van der Waals surface area contributed by atoms with Gasteiger partial charge in [-0.15, -0.1) is 0 Å². The minimum Gasteiger partial charge on any atom is -0.385 e. The number of rotatable bonds is 5. The molecule has 1 N–H and O–H groups in total. The van der Waals surface area contributed by atoms with Crippen molar-refractivity contribution >= 4 is 5.69 Å². The van der Waals surface area contributed by atoms with Gasteiger partial charge in [0.2, 0.25) is 0 Å². The Kier molecular flexibility index (Phi) is 4.45. The summed E-state index contributed by atoms with van der Waals surface area (Å²) in [6, 6.07) is 5.56. The van der Waals surface area contributed by atoms with E-state index in [0.29, 0.717) is 5.69 Å². The molecule has 0 radical (unpaired) electrons. The van der Waals surface area contributed by atoms with Crippen molar-refractivity contribution in [3.05, 3.63) is 24.0 Å². The predicted molar refractivity (Wildman–Crippen MR) is 53.9 cm³/mol. The molecule has 1 rings (SSSR count). The second-order valence-electron chi connectivity index (χ2n) is 2.81. The van der Waals surface area contributed by atoms with Crippen LogP contribution in [0.25, 0.3) is 0 Å². The van der Waals surface area contributed by atoms with Crippen molar-refractivity contribution in [1.82, 2.24) is 4.98 Å². The quantitative estimate of drug-likeness (QED) is 0.715. The van der Waals surface area contributed by atoms with Gasteiger partial charge in [-0.25, -0.2) is 4.98 Å². The molecule has 0 aromatic carbocycles. The lowest BCUT2D eigenvalue weighted by Gasteiger charge is -2.05. The summed E-state index contributed by atoms with van der Waals surface area (Å²) in [5.41, 5.74) is 1.36. The molecular formula is C10H13N3O. The van der Waals surface area contributed by atoms with E-state index in [1.54, 1.807) is 19.4 Å². The van der Waals surface area contributed by atoms with Crippen LogP contribution in [0.15, 0.2) is 18.3 Å². The molecule has 0 aliphatic heterocycles. The average Bonchev–Trinajstić information content (AvgIpc) is 2.25. The number of methoxy groups -OCH3 is 1. The zero-order chi connectivity index (χ0) is 10.2. The second-order valence-corrected chi connectivity index (χ2v) is 2.81. The van der Waals surface area contributed by atoms with Crippen LogP contribution < -0.4 is 5.32 Å². The van der Waals surface area contributed by atoms with Gasteiger partial charge >= 0.3 is 0 Å². The highest BCUT2D eigenvalue weighted by Crippen LogP contribution is 2.06. The highest BCUT2D eigenvalue weighted by molar-refractivity contribution is 5.45. The Hall–Kier alpha value is -1.60. The molecule has 0 bridgehead atoms. The van der Waals surface area contributed by atoms with Crippen molar-refractivity contribution in [1.29, 1.82) is 5.26 Å². The van der Waals surface area contributed by atoms with E-state index >= 15 is 0 Å². The van der Waals surface area contributed by atoms with Crippen LogP contribution in [0.3, 0.4) is 0 Å². The Labute approximate surface area is 83.5 Å². The van der Waals surface area contributed by atoms with Gasteiger partial charge in [0.05, 0.1) is 0 Å². The van der Waals surface area contributed by atoms with Crippen LogP contribution in [0, 0.1) is 11.3 Å². The predicted octanol–water partition coefficient (Wildman–Crippen LogP) is 1.40. The molecule has 14 heavy (non-hydrogen) atoms. The van der Waals surface area contributed by atoms with E-state index in [-0.39, 0.29) is 0 Å². The standard InChI is InChI=1S/C10H13N3O/c1-14-6-2-4-12-9-3-5-13-10(7-9)8-11/h3,5,7H,2,4,6H2,1H3,(H,12,13). The third-order valence-electron chi connectivity index (χ3n) is 1.73. The first-order valence-corrected chi connectivity index (χ1v) is 4.46. The Balaban J connectivity index is 2.39. The third kappa shape index (κ3) is 3.42. The molecule has 1 aromatic heterocycles. The van der Waals surface area contributed by atoms with Crippen molar-refractivity contribution in [2.24, 2.45) is 0 Å². The van der Waals surface area contributed by atoms with Crippen LogP contribution in [0.4, 0.5) is 5.69 Å². The minimum absolute atomic E-state index is 0.432. The molecule has 0 aliphatic rings. The number of hydrogen-bond donors (Lipinski definition) is 1. The molecule has 0 saturated carbocycles. The number of pyridine rings is 1. The van der Waals surface area contributed by atoms with Crippen LogP contribution in [-0.2, 0) is 4.74 Å². The second kappa shape index (κ2) is 5.95. The number of anilines is 1. The molecular weight excluding hydrogens is 178 g/mol. The summed E-state index contributed by atoms with van der Waals surface area (Å²) >= 11 is 0.